The predicted octanol–water partition coefficient (Wildman–Crippen LogP) is -0.0130. The standard InChI is InChI=1S/C18H21BN4O6/c1-18(20,13-6-21-9-22-13)17(26)23-7-11(8-23)28-12-3-2-10-4-5-19(27)29-15(10)14(12)16(24)25/h2-3,6,9,11,27H,4-5,7-8,20H2,1H3,(H,21,22)(H,24,25). The van der Waals surface area contributed by atoms with Gasteiger partial charge in [-0.1, -0.05) is 6.07 Å². The molecule has 2 aromatic rings. The van der Waals surface area contributed by atoms with Crippen molar-refractivity contribution in [3.63, 3.8) is 0 Å². The van der Waals surface area contributed by atoms with E-state index in [1.165, 1.54) is 12.5 Å². The highest BCUT2D eigenvalue weighted by molar-refractivity contribution is 6.44. The molecule has 29 heavy (non-hydrogen) atoms. The van der Waals surface area contributed by atoms with Gasteiger partial charge in [-0.3, -0.25) is 4.79 Å². The van der Waals surface area contributed by atoms with Crippen LogP contribution in [0.15, 0.2) is 24.7 Å². The monoisotopic (exact) mass is 400 g/mol. The maximum Gasteiger partial charge on any atom is 0.522 e. The fraction of sp³-hybridized carbons (Fsp3) is 0.389. The fourth-order valence-corrected chi connectivity index (χ4v) is 3.56. The number of fused-ring (bicyclic) bond motifs is 1. The fourth-order valence-electron chi connectivity index (χ4n) is 3.56. The first-order valence-corrected chi connectivity index (χ1v) is 9.25. The molecule has 152 valence electrons. The van der Waals surface area contributed by atoms with Crippen LogP contribution in [0, 0.1) is 0 Å². The van der Waals surface area contributed by atoms with E-state index in [0.717, 1.165) is 0 Å². The SMILES string of the molecule is CC(N)(C(=O)N1CC(Oc2ccc3c(c2C(=O)O)OB(O)CC3)C1)c1cnc[nH]1. The van der Waals surface area contributed by atoms with Crippen molar-refractivity contribution in [2.75, 3.05) is 13.1 Å². The number of hydrogen-bond acceptors (Lipinski definition) is 7. The number of nitrogens with two attached hydrogens (primary N) is 1. The van der Waals surface area contributed by atoms with E-state index in [4.69, 9.17) is 15.1 Å². The first kappa shape index (κ1) is 19.3. The van der Waals surface area contributed by atoms with Crippen LogP contribution in [-0.2, 0) is 16.8 Å². The van der Waals surface area contributed by atoms with Gasteiger partial charge in [0.1, 0.15) is 28.7 Å². The molecule has 11 heteroatoms. The summed E-state index contributed by atoms with van der Waals surface area (Å²) < 4.78 is 11.2. The smallest absolute Gasteiger partial charge is 0.522 e. The van der Waals surface area contributed by atoms with Crippen molar-refractivity contribution in [2.45, 2.75) is 31.3 Å². The largest absolute Gasteiger partial charge is 0.535 e. The Morgan fingerprint density at radius 3 is 2.86 bits per heavy atom. The van der Waals surface area contributed by atoms with Crippen molar-refractivity contribution in [3.05, 3.63) is 41.5 Å². The Morgan fingerprint density at radius 1 is 1.45 bits per heavy atom. The van der Waals surface area contributed by atoms with E-state index in [2.05, 4.69) is 9.97 Å². The summed E-state index contributed by atoms with van der Waals surface area (Å²) in [5.41, 5.74) is 6.02. The van der Waals surface area contributed by atoms with Gasteiger partial charge >= 0.3 is 13.1 Å². The third-order valence-electron chi connectivity index (χ3n) is 5.26. The van der Waals surface area contributed by atoms with Crippen LogP contribution in [0.1, 0.15) is 28.5 Å². The minimum absolute atomic E-state index is 0.118. The molecule has 10 nitrogen and oxygen atoms in total. The summed E-state index contributed by atoms with van der Waals surface area (Å²) >= 11 is 0. The van der Waals surface area contributed by atoms with E-state index in [1.54, 1.807) is 24.0 Å². The van der Waals surface area contributed by atoms with E-state index >= 15 is 0 Å². The summed E-state index contributed by atoms with van der Waals surface area (Å²) in [5.74, 6) is -1.20. The number of rotatable bonds is 5. The lowest BCUT2D eigenvalue weighted by Gasteiger charge is -2.42. The predicted molar refractivity (Wildman–Crippen MR) is 102 cm³/mol. The zero-order chi connectivity index (χ0) is 20.8. The average molecular weight is 400 g/mol. The molecule has 3 heterocycles. The topological polar surface area (TPSA) is 151 Å². The van der Waals surface area contributed by atoms with Gasteiger partial charge in [0.25, 0.3) is 0 Å². The van der Waals surface area contributed by atoms with Crippen molar-refractivity contribution in [2.24, 2.45) is 5.73 Å². The molecule has 5 N–H and O–H groups in total. The highest BCUT2D eigenvalue weighted by atomic mass is 16.5. The lowest BCUT2D eigenvalue weighted by molar-refractivity contribution is -0.145. The quantitative estimate of drug-likeness (QED) is 0.512. The number of carboxylic acids is 1. The molecule has 1 saturated heterocycles. The number of benzene rings is 1. The van der Waals surface area contributed by atoms with Crippen molar-refractivity contribution >= 4 is 19.0 Å². The molecule has 1 amide bonds. The molecule has 1 atom stereocenters. The number of nitrogens with zero attached hydrogens (tertiary/aromatic N) is 2. The number of hydrogen-bond donors (Lipinski definition) is 4. The van der Waals surface area contributed by atoms with E-state index in [1.807, 2.05) is 0 Å². The number of aromatic nitrogens is 2. The van der Waals surface area contributed by atoms with E-state index < -0.39 is 18.6 Å². The highest BCUT2D eigenvalue weighted by Crippen LogP contribution is 2.37. The number of ether oxygens (including phenoxy) is 1. The lowest BCUT2D eigenvalue weighted by atomic mass is 9.78. The van der Waals surface area contributed by atoms with Crippen LogP contribution in [-0.4, -0.2) is 63.2 Å². The maximum absolute atomic E-state index is 12.7. The number of carboxylic acid groups (broad SMARTS) is 1. The average Bonchev–Trinajstić information content (AvgIpc) is 3.18. The van der Waals surface area contributed by atoms with Crippen LogP contribution in [0.5, 0.6) is 11.5 Å². The molecule has 0 bridgehead atoms. The van der Waals surface area contributed by atoms with Crippen molar-refractivity contribution in [1.29, 1.82) is 0 Å². The molecule has 2 aliphatic rings. The number of amides is 1. The molecule has 0 radical (unpaired) electrons. The van der Waals surface area contributed by atoms with Crippen LogP contribution in [0.25, 0.3) is 0 Å². The normalized spacial score (nSPS) is 18.3. The van der Waals surface area contributed by atoms with Crippen LogP contribution in [0.3, 0.4) is 0 Å². The molecule has 0 spiro atoms. The molecule has 4 rings (SSSR count). The molecule has 1 aromatic heterocycles. The molecule has 2 aliphatic heterocycles. The summed E-state index contributed by atoms with van der Waals surface area (Å²) in [6.07, 6.45) is 3.51. The Morgan fingerprint density at radius 2 is 2.21 bits per heavy atom. The molecular formula is C18H21BN4O6. The van der Waals surface area contributed by atoms with E-state index in [0.29, 0.717) is 24.0 Å². The van der Waals surface area contributed by atoms with Gasteiger partial charge in [-0.2, -0.15) is 0 Å². The minimum atomic E-state index is -1.25. The Hall–Kier alpha value is -3.05. The van der Waals surface area contributed by atoms with Gasteiger partial charge in [0.2, 0.25) is 5.91 Å². The van der Waals surface area contributed by atoms with Crippen molar-refractivity contribution < 1.29 is 29.1 Å². The third-order valence-corrected chi connectivity index (χ3v) is 5.26. The molecule has 1 fully saturated rings. The first-order valence-electron chi connectivity index (χ1n) is 9.25. The van der Waals surface area contributed by atoms with E-state index in [9.17, 15) is 19.7 Å². The number of aromatic carboxylic acids is 1. The number of likely N-dealkylation sites (tertiary alicyclic amines) is 1. The Labute approximate surface area is 166 Å². The summed E-state index contributed by atoms with van der Waals surface area (Å²) in [4.78, 5) is 32.8. The van der Waals surface area contributed by atoms with Gasteiger partial charge in [-0.25, -0.2) is 9.78 Å². The number of H-pyrrole nitrogens is 1. The van der Waals surface area contributed by atoms with Crippen molar-refractivity contribution in [1.82, 2.24) is 14.9 Å². The Kier molecular flexibility index (Phi) is 4.71. The second kappa shape index (κ2) is 7.09. The maximum atomic E-state index is 12.7. The minimum Gasteiger partial charge on any atom is -0.535 e. The molecular weight excluding hydrogens is 379 g/mol. The van der Waals surface area contributed by atoms with E-state index in [-0.39, 0.29) is 42.2 Å². The van der Waals surface area contributed by atoms with Crippen LogP contribution in [0.4, 0.5) is 0 Å². The lowest BCUT2D eigenvalue weighted by Crippen LogP contribution is -2.62. The highest BCUT2D eigenvalue weighted by Gasteiger charge is 2.42. The number of aromatic amines is 1. The van der Waals surface area contributed by atoms with Crippen LogP contribution in [0.2, 0.25) is 6.32 Å². The van der Waals surface area contributed by atoms with Gasteiger partial charge in [0.05, 0.1) is 31.3 Å². The van der Waals surface area contributed by atoms with Crippen molar-refractivity contribution in [3.8, 4) is 11.5 Å². The van der Waals surface area contributed by atoms with Crippen LogP contribution >= 0.6 is 0 Å². The molecule has 1 unspecified atom stereocenters. The number of imidazole rings is 1. The summed E-state index contributed by atoms with van der Waals surface area (Å²) in [7, 11) is -1.04. The van der Waals surface area contributed by atoms with Gasteiger partial charge in [0, 0.05) is 0 Å². The number of carbonyl (C=O) groups is 2. The second-order valence-electron chi connectivity index (χ2n) is 7.46. The zero-order valence-corrected chi connectivity index (χ0v) is 15.8. The second-order valence-corrected chi connectivity index (χ2v) is 7.46. The Balaban J connectivity index is 1.46. The Bertz CT molecular complexity index is 942. The van der Waals surface area contributed by atoms with Gasteiger partial charge in [-0.05, 0) is 31.3 Å². The van der Waals surface area contributed by atoms with Gasteiger partial charge in [0.15, 0.2) is 0 Å². The summed E-state index contributed by atoms with van der Waals surface area (Å²) in [6, 6.07) is 3.32. The number of nitrogens with one attached hydrogen (secondary N) is 1. The zero-order valence-electron chi connectivity index (χ0n) is 15.8. The third kappa shape index (κ3) is 3.43. The first-order chi connectivity index (χ1) is 13.8. The number of aryl methyl sites for hydroxylation is 1. The summed E-state index contributed by atoms with van der Waals surface area (Å²) in [6.45, 7) is 2.16. The number of carbonyl (C=O) groups excluding carboxylic acids is 1. The molecule has 0 aliphatic carbocycles. The van der Waals surface area contributed by atoms with Gasteiger partial charge < -0.3 is 35.1 Å². The molecule has 0 saturated carbocycles. The van der Waals surface area contributed by atoms with Crippen LogP contribution < -0.4 is 15.1 Å². The molecule has 1 aromatic carbocycles. The van der Waals surface area contributed by atoms with Gasteiger partial charge in [-0.15, -0.1) is 0 Å². The summed E-state index contributed by atoms with van der Waals surface area (Å²) in [5, 5.41) is 19.4.